The number of aromatic carboxylic acids is 1. The average molecular weight is 532 g/mol. The SMILES string of the molecule is N#Cc1c(N(CC(=O)[O-])CC(=O)[O-])sc(C(=O)[O-])c1CC(=O)[O-].O.[Sr+2].[Sr+2]. The quantitative estimate of drug-likeness (QED) is 0.288. The van der Waals surface area contributed by atoms with E-state index in [2.05, 4.69) is 0 Å². The van der Waals surface area contributed by atoms with Crippen LogP contribution in [0.4, 0.5) is 5.00 Å². The molecular formula is C12H8N2O9SSr2. The summed E-state index contributed by atoms with van der Waals surface area (Å²) in [6.07, 6.45) is -0.937. The standard InChI is InChI=1S/C12H10N2O8S.H2O.2Sr/c13-2-6-5(1-7(15)16)10(12(21)22)23-11(6)14(3-8(17)18)4-9(19)20;;;/h1,3-4H2,(H,15,16)(H,17,18)(H,19,20)(H,21,22);1H2;;/q;;2*+2/p-4. The van der Waals surface area contributed by atoms with Crippen LogP contribution in [0.15, 0.2) is 0 Å². The van der Waals surface area contributed by atoms with Gasteiger partial charge in [0.2, 0.25) is 0 Å². The van der Waals surface area contributed by atoms with Crippen molar-refractivity contribution in [3.8, 4) is 6.07 Å². The second-order valence-corrected chi connectivity index (χ2v) is 5.14. The van der Waals surface area contributed by atoms with Crippen LogP contribution in [0.25, 0.3) is 0 Å². The van der Waals surface area contributed by atoms with Gasteiger partial charge in [-0.2, -0.15) is 5.26 Å². The number of carboxylic acids is 4. The van der Waals surface area contributed by atoms with Crippen LogP contribution in [0, 0.1) is 11.3 Å². The first-order valence-electron chi connectivity index (χ1n) is 5.79. The molecule has 11 nitrogen and oxygen atoms in total. The fourth-order valence-electron chi connectivity index (χ4n) is 1.78. The van der Waals surface area contributed by atoms with E-state index in [4.69, 9.17) is 5.26 Å². The molecule has 0 aliphatic carbocycles. The van der Waals surface area contributed by atoms with Gasteiger partial charge in [-0.15, -0.1) is 11.3 Å². The molecule has 0 fully saturated rings. The Kier molecular flexibility index (Phi) is 16.3. The van der Waals surface area contributed by atoms with Gasteiger partial charge >= 0.3 is 91.0 Å². The number of hydrogen-bond donors (Lipinski definition) is 0. The van der Waals surface area contributed by atoms with E-state index in [0.29, 0.717) is 16.2 Å². The monoisotopic (exact) mass is 532 g/mol. The summed E-state index contributed by atoms with van der Waals surface area (Å²) in [5.41, 5.74) is -0.935. The Morgan fingerprint density at radius 1 is 0.962 bits per heavy atom. The number of thiophene rings is 1. The summed E-state index contributed by atoms with van der Waals surface area (Å²) in [7, 11) is 0. The normalized spacial score (nSPS) is 8.73. The number of anilines is 1. The van der Waals surface area contributed by atoms with Crippen LogP contribution < -0.4 is 25.3 Å². The minimum Gasteiger partial charge on any atom is -0.550 e. The molecule has 0 spiro atoms. The largest absolute Gasteiger partial charge is 2.00 e. The first-order valence-corrected chi connectivity index (χ1v) is 6.60. The van der Waals surface area contributed by atoms with Crippen molar-refractivity contribution in [2.45, 2.75) is 6.42 Å². The Balaban J connectivity index is -0.00000176. The van der Waals surface area contributed by atoms with Crippen LogP contribution in [-0.4, -0.2) is 133 Å². The molecule has 0 radical (unpaired) electrons. The van der Waals surface area contributed by atoms with E-state index in [1.54, 1.807) is 0 Å². The van der Waals surface area contributed by atoms with Crippen molar-refractivity contribution in [2.75, 3.05) is 18.0 Å². The van der Waals surface area contributed by atoms with Crippen LogP contribution in [0.5, 0.6) is 0 Å². The molecule has 0 saturated heterocycles. The Labute approximate surface area is 224 Å². The van der Waals surface area contributed by atoms with E-state index in [1.165, 1.54) is 6.07 Å². The minimum atomic E-state index is -1.80. The molecule has 1 aromatic heterocycles. The molecule has 0 saturated carbocycles. The van der Waals surface area contributed by atoms with Crippen LogP contribution in [0.1, 0.15) is 20.8 Å². The van der Waals surface area contributed by atoms with Crippen molar-refractivity contribution < 1.29 is 45.1 Å². The summed E-state index contributed by atoms with van der Waals surface area (Å²) in [6, 6.07) is 1.53. The van der Waals surface area contributed by atoms with Crippen molar-refractivity contribution in [2.24, 2.45) is 0 Å². The number of carbonyl (C=O) groups is 4. The zero-order valence-corrected chi connectivity index (χ0v) is 20.9. The Morgan fingerprint density at radius 2 is 1.42 bits per heavy atom. The maximum atomic E-state index is 11.1. The summed E-state index contributed by atoms with van der Waals surface area (Å²) in [5, 5.41) is 51.9. The summed E-state index contributed by atoms with van der Waals surface area (Å²) < 4.78 is 0. The Morgan fingerprint density at radius 3 is 1.73 bits per heavy atom. The maximum absolute atomic E-state index is 11.1. The number of nitriles is 1. The van der Waals surface area contributed by atoms with Crippen molar-refractivity contribution in [3.63, 3.8) is 0 Å². The van der Waals surface area contributed by atoms with Gasteiger partial charge in [-0.1, -0.05) is 0 Å². The van der Waals surface area contributed by atoms with Crippen molar-refractivity contribution in [1.29, 1.82) is 5.26 Å². The number of hydrogen-bond acceptors (Lipinski definition) is 11. The molecule has 2 N–H and O–H groups in total. The summed E-state index contributed by atoms with van der Waals surface area (Å²) in [6.45, 7) is -1.94. The van der Waals surface area contributed by atoms with Gasteiger partial charge in [-0.3, -0.25) is 0 Å². The van der Waals surface area contributed by atoms with Gasteiger partial charge < -0.3 is 50.0 Å². The molecule has 0 aromatic carbocycles. The van der Waals surface area contributed by atoms with E-state index >= 15 is 0 Å². The van der Waals surface area contributed by atoms with Crippen molar-refractivity contribution >= 4 is 131 Å². The Hall–Kier alpha value is -0.209. The molecule has 0 bridgehead atoms. The van der Waals surface area contributed by atoms with Crippen LogP contribution in [0.3, 0.4) is 0 Å². The summed E-state index contributed by atoms with van der Waals surface area (Å²) in [4.78, 5) is 43.1. The molecule has 0 aliphatic heterocycles. The molecule has 0 atom stereocenters. The van der Waals surface area contributed by atoms with E-state index in [9.17, 15) is 39.6 Å². The van der Waals surface area contributed by atoms with Gasteiger partial charge in [0.15, 0.2) is 0 Å². The van der Waals surface area contributed by atoms with Gasteiger partial charge in [-0.25, -0.2) is 0 Å². The second-order valence-electron chi connectivity index (χ2n) is 4.14. The zero-order valence-electron chi connectivity index (χ0n) is 13.1. The number of carbonyl (C=O) groups excluding carboxylic acids is 4. The van der Waals surface area contributed by atoms with Gasteiger partial charge in [0.25, 0.3) is 0 Å². The van der Waals surface area contributed by atoms with Gasteiger partial charge in [0.05, 0.1) is 41.4 Å². The van der Waals surface area contributed by atoms with Crippen molar-refractivity contribution in [3.05, 3.63) is 16.0 Å². The molecule has 1 rings (SSSR count). The number of rotatable bonds is 8. The molecule has 0 unspecified atom stereocenters. The molecule has 0 amide bonds. The smallest absolute Gasteiger partial charge is 0.550 e. The number of aliphatic carboxylic acids is 3. The fraction of sp³-hybridized carbons (Fsp3) is 0.250. The molecule has 1 aromatic rings. The van der Waals surface area contributed by atoms with E-state index < -0.39 is 59.4 Å². The summed E-state index contributed by atoms with van der Waals surface area (Å²) >= 11 is 0.321. The van der Waals surface area contributed by atoms with E-state index in [-0.39, 0.29) is 101 Å². The molecule has 1 heterocycles. The summed E-state index contributed by atoms with van der Waals surface area (Å²) in [5.74, 6) is -6.87. The number of nitrogens with zero attached hydrogens (tertiary/aromatic N) is 2. The first kappa shape index (κ1) is 30.5. The average Bonchev–Trinajstić information content (AvgIpc) is 2.74. The molecular weight excluding hydrogens is 523 g/mol. The van der Waals surface area contributed by atoms with Gasteiger partial charge in [0, 0.05) is 12.4 Å². The predicted octanol–water partition coefficient (Wildman–Crippen LogP) is -7.00. The van der Waals surface area contributed by atoms with Crippen LogP contribution in [-0.2, 0) is 20.8 Å². The first-order chi connectivity index (χ1) is 10.7. The third-order valence-corrected chi connectivity index (χ3v) is 3.81. The third kappa shape index (κ3) is 8.65. The van der Waals surface area contributed by atoms with E-state index in [0.717, 1.165) is 0 Å². The second kappa shape index (κ2) is 13.9. The van der Waals surface area contributed by atoms with Crippen molar-refractivity contribution in [1.82, 2.24) is 0 Å². The van der Waals surface area contributed by atoms with Gasteiger partial charge in [-0.05, 0) is 5.56 Å². The third-order valence-electron chi connectivity index (χ3n) is 2.53. The number of carboxylic acid groups (broad SMARTS) is 4. The predicted molar refractivity (Wildman–Crippen MR) is 79.4 cm³/mol. The molecule has 130 valence electrons. The topological polar surface area (TPSA) is 219 Å². The minimum absolute atomic E-state index is 0. The van der Waals surface area contributed by atoms with Gasteiger partial charge in [0.1, 0.15) is 11.1 Å². The Bertz CT molecular complexity index is 713. The molecule has 14 heteroatoms. The fourth-order valence-corrected chi connectivity index (χ4v) is 2.88. The van der Waals surface area contributed by atoms with E-state index in [1.807, 2.05) is 0 Å². The molecule has 0 aliphatic rings. The van der Waals surface area contributed by atoms with Crippen LogP contribution in [0.2, 0.25) is 0 Å². The zero-order chi connectivity index (χ0) is 17.7. The van der Waals surface area contributed by atoms with Crippen LogP contribution >= 0.6 is 11.3 Å². The molecule has 26 heavy (non-hydrogen) atoms. The maximum Gasteiger partial charge on any atom is 2.00 e.